The molecular weight excluding hydrogens is 320 g/mol. The lowest BCUT2D eigenvalue weighted by Crippen LogP contribution is -2.37. The molecule has 0 heterocycles. The molecule has 144 valence electrons. The van der Waals surface area contributed by atoms with Crippen molar-refractivity contribution >= 4 is 17.3 Å². The first-order chi connectivity index (χ1) is 11.4. The maximum Gasteiger partial charge on any atom is 0.165 e. The fourth-order valence-electron chi connectivity index (χ4n) is 2.96. The molecule has 0 aliphatic carbocycles. The number of thiocarbonyl (C=S) groups is 1. The predicted octanol–water partition coefficient (Wildman–Crippen LogP) is 5.27. The van der Waals surface area contributed by atoms with Gasteiger partial charge in [0.25, 0.3) is 0 Å². The van der Waals surface area contributed by atoms with Crippen LogP contribution in [0.15, 0.2) is 0 Å². The predicted molar refractivity (Wildman–Crippen MR) is 106 cm³/mol. The van der Waals surface area contributed by atoms with Crippen LogP contribution in [0, 0.1) is 10.8 Å². The number of hydrogen-bond acceptors (Lipinski definition) is 4. The molecule has 0 fully saturated rings. The highest BCUT2D eigenvalue weighted by molar-refractivity contribution is 7.80. The van der Waals surface area contributed by atoms with Crippen LogP contribution < -0.4 is 0 Å². The minimum atomic E-state index is -0.630. The largest absolute Gasteiger partial charge is 0.486 e. The van der Waals surface area contributed by atoms with Crippen molar-refractivity contribution in [3.63, 3.8) is 0 Å². The molecular formula is C20H40O3S. The smallest absolute Gasteiger partial charge is 0.165 e. The number of ether oxygens (including phenoxy) is 1. The van der Waals surface area contributed by atoms with Crippen LogP contribution in [0.5, 0.6) is 0 Å². The molecule has 2 N–H and O–H groups in total. The van der Waals surface area contributed by atoms with Gasteiger partial charge in [-0.1, -0.05) is 72.6 Å². The number of hydrogen-bond donors (Lipinski definition) is 2. The Kier molecular flexibility index (Phi) is 13.0. The Morgan fingerprint density at radius 1 is 0.833 bits per heavy atom. The third-order valence-corrected chi connectivity index (χ3v) is 5.58. The average molecular weight is 361 g/mol. The van der Waals surface area contributed by atoms with Crippen LogP contribution in [-0.4, -0.2) is 35.1 Å². The molecule has 0 aliphatic heterocycles. The normalized spacial score (nSPS) is 12.4. The fourth-order valence-corrected chi connectivity index (χ4v) is 3.32. The maximum absolute atomic E-state index is 9.47. The van der Waals surface area contributed by atoms with Crippen LogP contribution in [-0.2, 0) is 4.74 Å². The van der Waals surface area contributed by atoms with Gasteiger partial charge in [0.2, 0.25) is 0 Å². The van der Waals surface area contributed by atoms with E-state index in [1.54, 1.807) is 0 Å². The lowest BCUT2D eigenvalue weighted by atomic mass is 9.74. The van der Waals surface area contributed by atoms with E-state index in [0.29, 0.717) is 5.05 Å². The monoisotopic (exact) mass is 360 g/mol. The zero-order valence-electron chi connectivity index (χ0n) is 16.4. The van der Waals surface area contributed by atoms with Gasteiger partial charge in [0, 0.05) is 10.8 Å². The van der Waals surface area contributed by atoms with Gasteiger partial charge in [0.1, 0.15) is 0 Å². The summed E-state index contributed by atoms with van der Waals surface area (Å²) >= 11 is 5.74. The van der Waals surface area contributed by atoms with Gasteiger partial charge < -0.3 is 14.9 Å². The quantitative estimate of drug-likeness (QED) is 0.308. The Balaban J connectivity index is 5.09. The summed E-state index contributed by atoms with van der Waals surface area (Å²) in [6.07, 6.45) is 11.5. The van der Waals surface area contributed by atoms with Crippen LogP contribution in [0.3, 0.4) is 0 Å². The van der Waals surface area contributed by atoms with E-state index < -0.39 is 5.41 Å². The molecule has 0 saturated heterocycles. The molecule has 3 nitrogen and oxygen atoms in total. The van der Waals surface area contributed by atoms with E-state index in [0.717, 1.165) is 44.9 Å². The SMILES string of the molecule is CCCCCC(CCCC)(CCCC)C(=S)OCC(C)(CO)CO. The molecule has 0 rings (SSSR count). The molecule has 24 heavy (non-hydrogen) atoms. The molecule has 0 unspecified atom stereocenters. The Bertz CT molecular complexity index is 319. The van der Waals surface area contributed by atoms with Gasteiger partial charge in [-0.05, 0) is 31.5 Å². The van der Waals surface area contributed by atoms with Crippen molar-refractivity contribution in [3.8, 4) is 0 Å². The van der Waals surface area contributed by atoms with E-state index in [9.17, 15) is 10.2 Å². The summed E-state index contributed by atoms with van der Waals surface area (Å²) in [5, 5.41) is 19.7. The maximum atomic E-state index is 9.47. The van der Waals surface area contributed by atoms with Gasteiger partial charge in [0.15, 0.2) is 5.05 Å². The lowest BCUT2D eigenvalue weighted by molar-refractivity contribution is 0.0199. The highest BCUT2D eigenvalue weighted by Gasteiger charge is 2.36. The van der Waals surface area contributed by atoms with Gasteiger partial charge in [-0.25, -0.2) is 0 Å². The molecule has 0 aromatic rings. The van der Waals surface area contributed by atoms with Gasteiger partial charge in [-0.2, -0.15) is 0 Å². The molecule has 0 aromatic heterocycles. The van der Waals surface area contributed by atoms with Crippen molar-refractivity contribution in [2.24, 2.45) is 10.8 Å². The molecule has 0 spiro atoms. The average Bonchev–Trinajstić information content (AvgIpc) is 2.61. The van der Waals surface area contributed by atoms with Crippen LogP contribution in [0.4, 0.5) is 0 Å². The third kappa shape index (κ3) is 8.26. The number of aliphatic hydroxyl groups excluding tert-OH is 2. The molecule has 4 heteroatoms. The highest BCUT2D eigenvalue weighted by Crippen LogP contribution is 2.39. The Hall–Kier alpha value is -0.190. The first kappa shape index (κ1) is 23.8. The first-order valence-corrected chi connectivity index (χ1v) is 10.2. The van der Waals surface area contributed by atoms with Crippen molar-refractivity contribution in [2.45, 2.75) is 91.9 Å². The summed E-state index contributed by atoms with van der Waals surface area (Å²) in [7, 11) is 0. The second-order valence-corrected chi connectivity index (χ2v) is 8.02. The molecule has 0 bridgehead atoms. The molecule has 0 aliphatic rings. The van der Waals surface area contributed by atoms with Crippen LogP contribution in [0.25, 0.3) is 0 Å². The number of unbranched alkanes of at least 4 members (excludes halogenated alkanes) is 4. The minimum absolute atomic E-state index is 0.0255. The number of aliphatic hydroxyl groups is 2. The van der Waals surface area contributed by atoms with E-state index in [1.165, 1.54) is 19.3 Å². The second-order valence-electron chi connectivity index (χ2n) is 7.65. The van der Waals surface area contributed by atoms with Gasteiger partial charge >= 0.3 is 0 Å². The summed E-state index contributed by atoms with van der Waals surface area (Å²) in [6, 6.07) is 0. The second kappa shape index (κ2) is 13.1. The van der Waals surface area contributed by atoms with Crippen molar-refractivity contribution in [1.29, 1.82) is 0 Å². The number of rotatable bonds is 15. The van der Waals surface area contributed by atoms with Crippen LogP contribution >= 0.6 is 12.2 Å². The highest BCUT2D eigenvalue weighted by atomic mass is 32.1. The van der Waals surface area contributed by atoms with Crippen molar-refractivity contribution in [2.75, 3.05) is 19.8 Å². The third-order valence-electron chi connectivity index (χ3n) is 5.02. The summed E-state index contributed by atoms with van der Waals surface area (Å²) in [4.78, 5) is 0. The standard InChI is InChI=1S/C20H40O3S/c1-5-8-11-14-20(12-9-6-2,13-10-7-3)18(24)23-17-19(4,15-21)16-22/h21-22H,5-17H2,1-4H3. The summed E-state index contributed by atoms with van der Waals surface area (Å²) < 4.78 is 5.99. The van der Waals surface area contributed by atoms with Gasteiger partial charge in [-0.15, -0.1) is 0 Å². The first-order valence-electron chi connectivity index (χ1n) is 9.82. The molecule has 0 radical (unpaired) electrons. The van der Waals surface area contributed by atoms with Crippen LogP contribution in [0.1, 0.15) is 91.9 Å². The minimum Gasteiger partial charge on any atom is -0.486 e. The van der Waals surface area contributed by atoms with Crippen LogP contribution in [0.2, 0.25) is 0 Å². The van der Waals surface area contributed by atoms with E-state index in [2.05, 4.69) is 20.8 Å². The summed E-state index contributed by atoms with van der Waals surface area (Å²) in [6.45, 7) is 8.57. The molecule has 0 atom stereocenters. The van der Waals surface area contributed by atoms with E-state index in [-0.39, 0.29) is 25.2 Å². The van der Waals surface area contributed by atoms with Crippen molar-refractivity contribution in [3.05, 3.63) is 0 Å². The molecule has 0 aromatic carbocycles. The van der Waals surface area contributed by atoms with E-state index in [1.807, 2.05) is 6.92 Å². The Labute approximate surface area is 155 Å². The Morgan fingerprint density at radius 3 is 1.71 bits per heavy atom. The lowest BCUT2D eigenvalue weighted by Gasteiger charge is -2.36. The molecule has 0 amide bonds. The summed E-state index contributed by atoms with van der Waals surface area (Å²) in [5.41, 5.74) is -0.656. The summed E-state index contributed by atoms with van der Waals surface area (Å²) in [5.74, 6) is 0. The van der Waals surface area contributed by atoms with Gasteiger partial charge in [-0.3, -0.25) is 0 Å². The van der Waals surface area contributed by atoms with Crippen molar-refractivity contribution < 1.29 is 14.9 Å². The Morgan fingerprint density at radius 2 is 1.29 bits per heavy atom. The van der Waals surface area contributed by atoms with E-state index >= 15 is 0 Å². The zero-order chi connectivity index (χ0) is 18.5. The zero-order valence-corrected chi connectivity index (χ0v) is 17.2. The molecule has 0 saturated carbocycles. The van der Waals surface area contributed by atoms with Crippen molar-refractivity contribution in [1.82, 2.24) is 0 Å². The fraction of sp³-hybridized carbons (Fsp3) is 0.950. The topological polar surface area (TPSA) is 49.7 Å². The van der Waals surface area contributed by atoms with E-state index in [4.69, 9.17) is 17.0 Å². The van der Waals surface area contributed by atoms with Gasteiger partial charge in [0.05, 0.1) is 19.8 Å².